The van der Waals surface area contributed by atoms with Crippen molar-refractivity contribution in [2.24, 2.45) is 0 Å². The minimum Gasteiger partial charge on any atom is -0.733 e. The second-order valence-corrected chi connectivity index (χ2v) is 4.92. The van der Waals surface area contributed by atoms with Gasteiger partial charge in [-0.15, -0.1) is 0 Å². The van der Waals surface area contributed by atoms with E-state index in [0.29, 0.717) is 17.0 Å². The van der Waals surface area contributed by atoms with Gasteiger partial charge in [0.05, 0.1) is 28.8 Å². The SMILES string of the molecule is CC1=C(C#N)[C@H](c2cccc(N([O-])O)c2)C(C(=O)O)=C(C)N1. The van der Waals surface area contributed by atoms with Crippen LogP contribution in [0, 0.1) is 16.5 Å². The lowest BCUT2D eigenvalue weighted by molar-refractivity contribution is -0.133. The molecule has 1 aliphatic rings. The highest BCUT2D eigenvalue weighted by atomic mass is 16.8. The summed E-state index contributed by atoms with van der Waals surface area (Å²) in [6.45, 7) is 3.30. The molecular formula is C15H14N3O4-. The molecule has 0 saturated heterocycles. The van der Waals surface area contributed by atoms with Crippen LogP contribution in [-0.2, 0) is 4.79 Å². The van der Waals surface area contributed by atoms with E-state index in [1.165, 1.54) is 18.2 Å². The molecule has 2 rings (SSSR count). The van der Waals surface area contributed by atoms with Crippen LogP contribution in [0.15, 0.2) is 46.8 Å². The quantitative estimate of drug-likeness (QED) is 0.732. The van der Waals surface area contributed by atoms with E-state index < -0.39 is 11.9 Å². The van der Waals surface area contributed by atoms with Crippen LogP contribution in [0.1, 0.15) is 25.3 Å². The first-order valence-corrected chi connectivity index (χ1v) is 6.44. The molecule has 3 N–H and O–H groups in total. The molecule has 0 fully saturated rings. The summed E-state index contributed by atoms with van der Waals surface area (Å²) >= 11 is 0. The molecule has 1 heterocycles. The van der Waals surface area contributed by atoms with Crippen LogP contribution in [0.25, 0.3) is 0 Å². The summed E-state index contributed by atoms with van der Waals surface area (Å²) in [5, 5.41) is 41.5. The smallest absolute Gasteiger partial charge is 0.334 e. The summed E-state index contributed by atoms with van der Waals surface area (Å²) < 4.78 is 0. The number of anilines is 1. The number of nitrogens with one attached hydrogen (secondary N) is 1. The Bertz CT molecular complexity index is 729. The molecule has 1 aliphatic heterocycles. The lowest BCUT2D eigenvalue weighted by atomic mass is 9.81. The van der Waals surface area contributed by atoms with Crippen molar-refractivity contribution < 1.29 is 15.1 Å². The maximum atomic E-state index is 11.6. The highest BCUT2D eigenvalue weighted by Gasteiger charge is 2.33. The summed E-state index contributed by atoms with van der Waals surface area (Å²) in [6, 6.07) is 7.91. The van der Waals surface area contributed by atoms with Gasteiger partial charge in [-0.2, -0.15) is 5.26 Å². The van der Waals surface area contributed by atoms with Crippen molar-refractivity contribution in [1.29, 1.82) is 5.26 Å². The summed E-state index contributed by atoms with van der Waals surface area (Å²) in [4.78, 5) is 11.6. The third-order valence-electron chi connectivity index (χ3n) is 3.54. The maximum absolute atomic E-state index is 11.6. The summed E-state index contributed by atoms with van der Waals surface area (Å²) in [5.74, 6) is -1.95. The zero-order chi connectivity index (χ0) is 16.4. The number of rotatable bonds is 3. The lowest BCUT2D eigenvalue weighted by Gasteiger charge is -2.29. The Morgan fingerprint density at radius 2 is 2.09 bits per heavy atom. The van der Waals surface area contributed by atoms with Crippen molar-refractivity contribution in [3.63, 3.8) is 0 Å². The van der Waals surface area contributed by atoms with E-state index in [1.54, 1.807) is 19.9 Å². The molecule has 1 aromatic carbocycles. The molecule has 0 amide bonds. The molecule has 1 aromatic rings. The Labute approximate surface area is 126 Å². The van der Waals surface area contributed by atoms with Gasteiger partial charge in [-0.1, -0.05) is 12.1 Å². The number of nitrogens with zero attached hydrogens (tertiary/aromatic N) is 2. The van der Waals surface area contributed by atoms with E-state index in [2.05, 4.69) is 5.32 Å². The van der Waals surface area contributed by atoms with Crippen LogP contribution in [0.2, 0.25) is 0 Å². The standard InChI is InChI=1S/C15H14N3O4/c1-8-12(7-16)14(13(15(19)20)9(2)17-8)10-4-3-5-11(6-10)18(21)22/h3-6,14,17,21H,1-2H3,(H,19,20)/q-1/t14-/m0/s1. The van der Waals surface area contributed by atoms with Crippen LogP contribution in [0.3, 0.4) is 0 Å². The third kappa shape index (κ3) is 2.65. The van der Waals surface area contributed by atoms with Gasteiger partial charge in [0.1, 0.15) is 0 Å². The largest absolute Gasteiger partial charge is 0.733 e. The van der Waals surface area contributed by atoms with Gasteiger partial charge in [-0.25, -0.2) is 4.79 Å². The van der Waals surface area contributed by atoms with E-state index >= 15 is 0 Å². The van der Waals surface area contributed by atoms with Gasteiger partial charge >= 0.3 is 5.97 Å². The number of carbonyl (C=O) groups is 1. The second kappa shape index (κ2) is 5.89. The number of aliphatic carboxylic acids is 1. The van der Waals surface area contributed by atoms with E-state index in [4.69, 9.17) is 5.21 Å². The topological polar surface area (TPSA) is 120 Å². The first kappa shape index (κ1) is 15.6. The molecule has 0 unspecified atom stereocenters. The first-order chi connectivity index (χ1) is 10.4. The van der Waals surface area contributed by atoms with Gasteiger partial charge in [-0.3, -0.25) is 5.21 Å². The van der Waals surface area contributed by atoms with Crippen LogP contribution < -0.4 is 10.5 Å². The number of nitriles is 1. The molecule has 0 saturated carbocycles. The summed E-state index contributed by atoms with van der Waals surface area (Å²) in [5.41, 5.74) is 1.70. The Hall–Kier alpha value is -2.82. The molecule has 0 radical (unpaired) electrons. The van der Waals surface area contributed by atoms with Crippen molar-refractivity contribution in [1.82, 2.24) is 5.32 Å². The average molecular weight is 300 g/mol. The zero-order valence-electron chi connectivity index (χ0n) is 12.0. The predicted molar refractivity (Wildman–Crippen MR) is 78.6 cm³/mol. The Kier molecular flexibility index (Phi) is 4.17. The van der Waals surface area contributed by atoms with Crippen molar-refractivity contribution in [2.75, 3.05) is 5.23 Å². The van der Waals surface area contributed by atoms with Crippen molar-refractivity contribution in [2.45, 2.75) is 19.8 Å². The minimum absolute atomic E-state index is 0.0339. The molecule has 0 bridgehead atoms. The van der Waals surface area contributed by atoms with Gasteiger partial charge in [-0.05, 0) is 31.5 Å². The van der Waals surface area contributed by atoms with Gasteiger partial charge in [0.25, 0.3) is 0 Å². The normalized spacial score (nSPS) is 17.9. The Morgan fingerprint density at radius 1 is 1.41 bits per heavy atom. The lowest BCUT2D eigenvalue weighted by Crippen LogP contribution is -2.27. The van der Waals surface area contributed by atoms with Gasteiger partial charge in [0, 0.05) is 11.4 Å². The fraction of sp³-hybridized carbons (Fsp3) is 0.200. The molecule has 22 heavy (non-hydrogen) atoms. The van der Waals surface area contributed by atoms with Crippen LogP contribution in [0.4, 0.5) is 5.69 Å². The Balaban J connectivity index is 2.66. The third-order valence-corrected chi connectivity index (χ3v) is 3.54. The average Bonchev–Trinajstić information content (AvgIpc) is 2.46. The van der Waals surface area contributed by atoms with E-state index in [-0.39, 0.29) is 22.1 Å². The van der Waals surface area contributed by atoms with E-state index in [1.807, 2.05) is 6.07 Å². The maximum Gasteiger partial charge on any atom is 0.334 e. The number of benzene rings is 1. The molecule has 114 valence electrons. The van der Waals surface area contributed by atoms with Gasteiger partial charge in [0.2, 0.25) is 0 Å². The molecule has 0 aliphatic carbocycles. The number of hydrogen-bond donors (Lipinski definition) is 3. The fourth-order valence-electron chi connectivity index (χ4n) is 2.58. The van der Waals surface area contributed by atoms with Crippen molar-refractivity contribution in [3.8, 4) is 6.07 Å². The second-order valence-electron chi connectivity index (χ2n) is 4.92. The monoisotopic (exact) mass is 300 g/mol. The number of carboxylic acids is 1. The van der Waals surface area contributed by atoms with Crippen LogP contribution in [-0.4, -0.2) is 16.3 Å². The van der Waals surface area contributed by atoms with Crippen LogP contribution >= 0.6 is 0 Å². The first-order valence-electron chi connectivity index (χ1n) is 6.44. The fourth-order valence-corrected chi connectivity index (χ4v) is 2.58. The highest BCUT2D eigenvalue weighted by Crippen LogP contribution is 2.38. The molecule has 1 atom stereocenters. The highest BCUT2D eigenvalue weighted by molar-refractivity contribution is 5.91. The van der Waals surface area contributed by atoms with Crippen molar-refractivity contribution >= 4 is 11.7 Å². The molecule has 7 nitrogen and oxygen atoms in total. The number of hydrogen-bond acceptors (Lipinski definition) is 6. The van der Waals surface area contributed by atoms with E-state index in [0.717, 1.165) is 0 Å². The van der Waals surface area contributed by atoms with Gasteiger partial charge < -0.3 is 20.9 Å². The summed E-state index contributed by atoms with van der Waals surface area (Å²) in [6.07, 6.45) is 0. The summed E-state index contributed by atoms with van der Waals surface area (Å²) in [7, 11) is 0. The molecular weight excluding hydrogens is 286 g/mol. The van der Waals surface area contributed by atoms with Crippen molar-refractivity contribution in [3.05, 3.63) is 57.6 Å². The minimum atomic E-state index is -1.15. The molecule has 0 aromatic heterocycles. The number of dihydropyridines is 1. The molecule has 7 heteroatoms. The predicted octanol–water partition coefficient (Wildman–Crippen LogP) is 2.22. The van der Waals surface area contributed by atoms with Crippen LogP contribution in [0.5, 0.6) is 0 Å². The zero-order valence-corrected chi connectivity index (χ0v) is 12.0. The Morgan fingerprint density at radius 3 is 2.64 bits per heavy atom. The number of allylic oxidation sites excluding steroid dienone is 3. The molecule has 0 spiro atoms. The van der Waals surface area contributed by atoms with Gasteiger partial charge in [0.15, 0.2) is 0 Å². The van der Waals surface area contributed by atoms with E-state index in [9.17, 15) is 20.4 Å². The number of carboxylic acid groups (broad SMARTS) is 1.